The fourth-order valence-electron chi connectivity index (χ4n) is 1.51. The van der Waals surface area contributed by atoms with E-state index in [1.807, 2.05) is 30.3 Å². The molecule has 0 unspecified atom stereocenters. The van der Waals surface area contributed by atoms with Crippen molar-refractivity contribution in [2.75, 3.05) is 13.2 Å². The highest BCUT2D eigenvalue weighted by atomic mass is 16.5. The summed E-state index contributed by atoms with van der Waals surface area (Å²) in [6, 6.07) is 9.56. The van der Waals surface area contributed by atoms with E-state index in [9.17, 15) is 4.79 Å². The SMILES string of the molecule is CCOC(=O)NCCc1nc(-c2ccccc2)no1. The molecule has 0 aliphatic heterocycles. The molecular formula is C13H15N3O3. The van der Waals surface area contributed by atoms with Crippen molar-refractivity contribution >= 4 is 6.09 Å². The molecule has 0 fully saturated rings. The Morgan fingerprint density at radius 1 is 1.37 bits per heavy atom. The summed E-state index contributed by atoms with van der Waals surface area (Å²) in [6.45, 7) is 2.50. The highest BCUT2D eigenvalue weighted by Gasteiger charge is 2.08. The Hall–Kier alpha value is -2.37. The zero-order valence-electron chi connectivity index (χ0n) is 10.6. The smallest absolute Gasteiger partial charge is 0.407 e. The summed E-state index contributed by atoms with van der Waals surface area (Å²) >= 11 is 0. The molecule has 6 heteroatoms. The van der Waals surface area contributed by atoms with Crippen LogP contribution < -0.4 is 5.32 Å². The van der Waals surface area contributed by atoms with Gasteiger partial charge in [-0.2, -0.15) is 4.98 Å². The van der Waals surface area contributed by atoms with Crippen molar-refractivity contribution in [3.8, 4) is 11.4 Å². The Balaban J connectivity index is 1.86. The summed E-state index contributed by atoms with van der Waals surface area (Å²) in [4.78, 5) is 15.3. The number of aromatic nitrogens is 2. The van der Waals surface area contributed by atoms with Crippen molar-refractivity contribution in [3.05, 3.63) is 36.2 Å². The maximum Gasteiger partial charge on any atom is 0.407 e. The van der Waals surface area contributed by atoms with E-state index in [-0.39, 0.29) is 0 Å². The van der Waals surface area contributed by atoms with Crippen LogP contribution in [0.3, 0.4) is 0 Å². The van der Waals surface area contributed by atoms with Gasteiger partial charge in [0.1, 0.15) is 0 Å². The highest BCUT2D eigenvalue weighted by Crippen LogP contribution is 2.14. The molecule has 0 saturated heterocycles. The quantitative estimate of drug-likeness (QED) is 0.891. The van der Waals surface area contributed by atoms with Crippen LogP contribution in [0.1, 0.15) is 12.8 Å². The van der Waals surface area contributed by atoms with Gasteiger partial charge in [-0.1, -0.05) is 35.5 Å². The summed E-state index contributed by atoms with van der Waals surface area (Å²) in [5.41, 5.74) is 0.899. The molecule has 0 atom stereocenters. The molecule has 19 heavy (non-hydrogen) atoms. The first-order chi connectivity index (χ1) is 9.29. The molecule has 0 spiro atoms. The van der Waals surface area contributed by atoms with E-state index in [0.29, 0.717) is 31.3 Å². The number of rotatable bonds is 5. The second-order valence-electron chi connectivity index (χ2n) is 3.77. The average molecular weight is 261 g/mol. The molecule has 2 rings (SSSR count). The van der Waals surface area contributed by atoms with Crippen LogP contribution in [-0.4, -0.2) is 29.4 Å². The van der Waals surface area contributed by atoms with Gasteiger partial charge in [0.2, 0.25) is 11.7 Å². The van der Waals surface area contributed by atoms with Crippen molar-refractivity contribution in [2.45, 2.75) is 13.3 Å². The minimum atomic E-state index is -0.440. The van der Waals surface area contributed by atoms with E-state index in [4.69, 9.17) is 9.26 Å². The Morgan fingerprint density at radius 3 is 2.89 bits per heavy atom. The van der Waals surface area contributed by atoms with Crippen LogP contribution in [0.15, 0.2) is 34.9 Å². The second kappa shape index (κ2) is 6.53. The number of alkyl carbamates (subject to hydrolysis) is 1. The molecule has 1 aromatic carbocycles. The zero-order chi connectivity index (χ0) is 13.5. The van der Waals surface area contributed by atoms with Gasteiger partial charge in [0.25, 0.3) is 0 Å². The lowest BCUT2D eigenvalue weighted by Gasteiger charge is -2.02. The topological polar surface area (TPSA) is 77.2 Å². The van der Waals surface area contributed by atoms with Gasteiger partial charge in [0.05, 0.1) is 6.61 Å². The molecule has 6 nitrogen and oxygen atoms in total. The first kappa shape index (κ1) is 13.1. The number of benzene rings is 1. The number of hydrogen-bond acceptors (Lipinski definition) is 5. The van der Waals surface area contributed by atoms with Crippen LogP contribution in [0, 0.1) is 0 Å². The van der Waals surface area contributed by atoms with Crippen LogP contribution in [0.5, 0.6) is 0 Å². The van der Waals surface area contributed by atoms with E-state index in [0.717, 1.165) is 5.56 Å². The van der Waals surface area contributed by atoms with E-state index >= 15 is 0 Å². The fourth-order valence-corrected chi connectivity index (χ4v) is 1.51. The third-order valence-electron chi connectivity index (χ3n) is 2.38. The Bertz CT molecular complexity index is 525. The van der Waals surface area contributed by atoms with Crippen molar-refractivity contribution in [2.24, 2.45) is 0 Å². The minimum Gasteiger partial charge on any atom is -0.450 e. The second-order valence-corrected chi connectivity index (χ2v) is 3.77. The third-order valence-corrected chi connectivity index (χ3v) is 2.38. The molecule has 0 saturated carbocycles. The fraction of sp³-hybridized carbons (Fsp3) is 0.308. The molecule has 1 aromatic heterocycles. The molecular weight excluding hydrogens is 246 g/mol. The Kier molecular flexibility index (Phi) is 4.49. The first-order valence-electron chi connectivity index (χ1n) is 6.08. The summed E-state index contributed by atoms with van der Waals surface area (Å²) in [5.74, 6) is 1.03. The molecule has 0 aliphatic rings. The normalized spacial score (nSPS) is 10.2. The molecule has 1 N–H and O–H groups in total. The maximum absolute atomic E-state index is 11.1. The van der Waals surface area contributed by atoms with Gasteiger partial charge in [-0.3, -0.25) is 0 Å². The third kappa shape index (κ3) is 3.80. The van der Waals surface area contributed by atoms with Gasteiger partial charge < -0.3 is 14.6 Å². The van der Waals surface area contributed by atoms with Gasteiger partial charge in [-0.25, -0.2) is 4.79 Å². The zero-order valence-corrected chi connectivity index (χ0v) is 10.6. The van der Waals surface area contributed by atoms with E-state index in [1.54, 1.807) is 6.92 Å². The van der Waals surface area contributed by atoms with Gasteiger partial charge in [-0.05, 0) is 6.92 Å². The molecule has 0 bridgehead atoms. The van der Waals surface area contributed by atoms with Crippen molar-refractivity contribution < 1.29 is 14.1 Å². The molecule has 1 amide bonds. The number of carbonyl (C=O) groups is 1. The first-order valence-corrected chi connectivity index (χ1v) is 6.08. The lowest BCUT2D eigenvalue weighted by atomic mass is 10.2. The number of ether oxygens (including phenoxy) is 1. The predicted molar refractivity (Wildman–Crippen MR) is 68.5 cm³/mol. The monoisotopic (exact) mass is 261 g/mol. The van der Waals surface area contributed by atoms with Crippen LogP contribution in [0.25, 0.3) is 11.4 Å². The summed E-state index contributed by atoms with van der Waals surface area (Å²) in [7, 11) is 0. The van der Waals surface area contributed by atoms with Gasteiger partial charge >= 0.3 is 6.09 Å². The van der Waals surface area contributed by atoms with Gasteiger partial charge in [0.15, 0.2) is 0 Å². The van der Waals surface area contributed by atoms with E-state index in [2.05, 4.69) is 15.5 Å². The predicted octanol–water partition coefficient (Wildman–Crippen LogP) is 2.03. The van der Waals surface area contributed by atoms with Crippen LogP contribution in [0.2, 0.25) is 0 Å². The van der Waals surface area contributed by atoms with Crippen molar-refractivity contribution in [1.29, 1.82) is 0 Å². The number of amides is 1. The highest BCUT2D eigenvalue weighted by molar-refractivity contribution is 5.67. The number of carbonyl (C=O) groups excluding carboxylic acids is 1. The van der Waals surface area contributed by atoms with Crippen LogP contribution in [-0.2, 0) is 11.2 Å². The summed E-state index contributed by atoms with van der Waals surface area (Å²) in [6.07, 6.45) is 0.0313. The van der Waals surface area contributed by atoms with Crippen molar-refractivity contribution in [1.82, 2.24) is 15.5 Å². The lowest BCUT2D eigenvalue weighted by molar-refractivity contribution is 0.152. The number of nitrogens with one attached hydrogen (secondary N) is 1. The Labute approximate surface area is 110 Å². The standard InChI is InChI=1S/C13H15N3O3/c1-2-18-13(17)14-9-8-11-15-12(16-19-11)10-6-4-3-5-7-10/h3-7H,2,8-9H2,1H3,(H,14,17). The molecule has 0 radical (unpaired) electrons. The van der Waals surface area contributed by atoms with Crippen LogP contribution >= 0.6 is 0 Å². The van der Waals surface area contributed by atoms with Gasteiger partial charge in [0, 0.05) is 18.5 Å². The largest absolute Gasteiger partial charge is 0.450 e. The molecule has 100 valence electrons. The van der Waals surface area contributed by atoms with Crippen molar-refractivity contribution in [3.63, 3.8) is 0 Å². The summed E-state index contributed by atoms with van der Waals surface area (Å²) in [5, 5.41) is 6.48. The van der Waals surface area contributed by atoms with Gasteiger partial charge in [-0.15, -0.1) is 0 Å². The van der Waals surface area contributed by atoms with E-state index in [1.165, 1.54) is 0 Å². The Morgan fingerprint density at radius 2 is 2.16 bits per heavy atom. The molecule has 1 heterocycles. The number of hydrogen-bond donors (Lipinski definition) is 1. The number of nitrogens with zero attached hydrogens (tertiary/aromatic N) is 2. The molecule has 0 aliphatic carbocycles. The molecule has 2 aromatic rings. The van der Waals surface area contributed by atoms with E-state index < -0.39 is 6.09 Å². The summed E-state index contributed by atoms with van der Waals surface area (Å²) < 4.78 is 9.85. The van der Waals surface area contributed by atoms with Crippen LogP contribution in [0.4, 0.5) is 4.79 Å². The average Bonchev–Trinajstić information content (AvgIpc) is 2.89. The lowest BCUT2D eigenvalue weighted by Crippen LogP contribution is -2.26. The minimum absolute atomic E-state index is 0.352. The maximum atomic E-state index is 11.1.